The fourth-order valence-corrected chi connectivity index (χ4v) is 1.37. The third-order valence-corrected chi connectivity index (χ3v) is 2.56. The average molecular weight is 255 g/mol. The smallest absolute Gasteiger partial charge is 0.261 e. The number of hydrogen-bond donors (Lipinski definition) is 2. The molecule has 18 heavy (non-hydrogen) atoms. The number of nitrogens with one attached hydrogen (secondary N) is 1. The van der Waals surface area contributed by atoms with Crippen LogP contribution < -0.4 is 10.1 Å². The normalized spacial score (nSPS) is 13.8. The maximum Gasteiger partial charge on any atom is 0.261 e. The minimum atomic E-state index is -0.698. The fraction of sp³-hybridized carbons (Fsp3) is 0.462. The molecule has 1 rings (SSSR count). The van der Waals surface area contributed by atoms with Crippen molar-refractivity contribution in [1.29, 1.82) is 0 Å². The van der Waals surface area contributed by atoms with Crippen LogP contribution in [0.3, 0.4) is 0 Å². The Hall–Kier alpha value is -1.62. The number of benzene rings is 1. The number of aliphatic hydroxyl groups excluding tert-OH is 1. The van der Waals surface area contributed by atoms with Crippen molar-refractivity contribution in [2.75, 3.05) is 6.61 Å². The number of amides is 1. The topological polar surface area (TPSA) is 58.6 Å². The molecule has 2 atom stereocenters. The van der Waals surface area contributed by atoms with E-state index in [1.54, 1.807) is 6.92 Å². The number of halogens is 1. The van der Waals surface area contributed by atoms with Gasteiger partial charge < -0.3 is 15.2 Å². The molecule has 1 aromatic carbocycles. The average Bonchev–Trinajstić information content (AvgIpc) is 2.38. The van der Waals surface area contributed by atoms with Crippen LogP contribution >= 0.6 is 0 Å². The Morgan fingerprint density at radius 2 is 2.06 bits per heavy atom. The lowest BCUT2D eigenvalue weighted by Crippen LogP contribution is -2.43. The molecule has 0 radical (unpaired) electrons. The molecule has 0 aliphatic heterocycles. The van der Waals surface area contributed by atoms with Gasteiger partial charge in [0.2, 0.25) is 0 Å². The Balaban J connectivity index is 2.51. The summed E-state index contributed by atoms with van der Waals surface area (Å²) in [5.41, 5.74) is 0. The summed E-state index contributed by atoms with van der Waals surface area (Å²) in [5, 5.41) is 11.6. The predicted octanol–water partition coefficient (Wildman–Crippen LogP) is 1.48. The van der Waals surface area contributed by atoms with Gasteiger partial charge in [0, 0.05) is 0 Å². The summed E-state index contributed by atoms with van der Waals surface area (Å²) in [6.45, 7) is 3.36. The van der Waals surface area contributed by atoms with Gasteiger partial charge in [-0.3, -0.25) is 4.79 Å². The van der Waals surface area contributed by atoms with E-state index in [2.05, 4.69) is 5.32 Å². The van der Waals surface area contributed by atoms with E-state index in [1.165, 1.54) is 24.3 Å². The zero-order chi connectivity index (χ0) is 13.5. The van der Waals surface area contributed by atoms with E-state index in [4.69, 9.17) is 9.84 Å². The summed E-state index contributed by atoms with van der Waals surface area (Å²) in [4.78, 5) is 11.7. The molecule has 1 amide bonds. The minimum Gasteiger partial charge on any atom is -0.481 e. The number of ether oxygens (including phenoxy) is 1. The second-order valence-corrected chi connectivity index (χ2v) is 4.01. The van der Waals surface area contributed by atoms with Gasteiger partial charge in [0.25, 0.3) is 5.91 Å². The van der Waals surface area contributed by atoms with E-state index in [1.807, 2.05) is 6.92 Å². The van der Waals surface area contributed by atoms with E-state index in [-0.39, 0.29) is 24.4 Å². The Labute approximate surface area is 106 Å². The van der Waals surface area contributed by atoms with Crippen molar-refractivity contribution in [2.24, 2.45) is 0 Å². The van der Waals surface area contributed by atoms with Crippen LogP contribution in [0, 0.1) is 5.82 Å². The molecule has 5 heteroatoms. The molecule has 0 aliphatic carbocycles. The van der Waals surface area contributed by atoms with Crippen LogP contribution in [0.4, 0.5) is 4.39 Å². The molecule has 0 fully saturated rings. The lowest BCUT2D eigenvalue weighted by Gasteiger charge is -2.18. The van der Waals surface area contributed by atoms with Gasteiger partial charge in [-0.2, -0.15) is 0 Å². The molecule has 0 heterocycles. The highest BCUT2D eigenvalue weighted by atomic mass is 19.1. The first-order chi connectivity index (χ1) is 8.56. The maximum atomic E-state index is 12.7. The van der Waals surface area contributed by atoms with Gasteiger partial charge in [-0.25, -0.2) is 4.39 Å². The molecule has 0 aliphatic rings. The number of carbonyl (C=O) groups excluding carboxylic acids is 1. The fourth-order valence-electron chi connectivity index (χ4n) is 1.37. The SMILES string of the molecule is CC[C@H](CO)NC(=O)C(C)Oc1ccc(F)cc1. The molecular weight excluding hydrogens is 237 g/mol. The third-order valence-electron chi connectivity index (χ3n) is 2.56. The Bertz CT molecular complexity index is 376. The van der Waals surface area contributed by atoms with Crippen LogP contribution in [0.2, 0.25) is 0 Å². The van der Waals surface area contributed by atoms with Gasteiger partial charge in [0.05, 0.1) is 12.6 Å². The number of rotatable bonds is 6. The molecule has 1 unspecified atom stereocenters. The molecule has 100 valence electrons. The molecule has 0 saturated heterocycles. The second-order valence-electron chi connectivity index (χ2n) is 4.01. The highest BCUT2D eigenvalue weighted by molar-refractivity contribution is 5.81. The molecule has 0 bridgehead atoms. The van der Waals surface area contributed by atoms with Crippen molar-refractivity contribution in [3.8, 4) is 5.75 Å². The first-order valence-corrected chi connectivity index (χ1v) is 5.90. The van der Waals surface area contributed by atoms with E-state index in [0.717, 1.165) is 0 Å². The molecule has 0 spiro atoms. The molecule has 1 aromatic rings. The van der Waals surface area contributed by atoms with Crippen molar-refractivity contribution in [1.82, 2.24) is 5.32 Å². The predicted molar refractivity (Wildman–Crippen MR) is 65.8 cm³/mol. The van der Waals surface area contributed by atoms with Crippen LogP contribution in [0.1, 0.15) is 20.3 Å². The van der Waals surface area contributed by atoms with Crippen molar-refractivity contribution in [2.45, 2.75) is 32.4 Å². The Kier molecular flexibility index (Phi) is 5.58. The number of carbonyl (C=O) groups is 1. The largest absolute Gasteiger partial charge is 0.481 e. The summed E-state index contributed by atoms with van der Waals surface area (Å²) in [6, 6.07) is 5.19. The lowest BCUT2D eigenvalue weighted by atomic mass is 10.2. The highest BCUT2D eigenvalue weighted by Gasteiger charge is 2.17. The summed E-state index contributed by atoms with van der Waals surface area (Å²) in [7, 11) is 0. The monoisotopic (exact) mass is 255 g/mol. The van der Waals surface area contributed by atoms with Crippen molar-refractivity contribution >= 4 is 5.91 Å². The quantitative estimate of drug-likeness (QED) is 0.809. The van der Waals surface area contributed by atoms with E-state index in [9.17, 15) is 9.18 Å². The maximum absolute atomic E-state index is 12.7. The summed E-state index contributed by atoms with van der Waals surface area (Å²) in [6.07, 6.45) is -0.0537. The summed E-state index contributed by atoms with van der Waals surface area (Å²) < 4.78 is 18.0. The molecular formula is C13H18FNO3. The van der Waals surface area contributed by atoms with Crippen LogP contribution in [0.5, 0.6) is 5.75 Å². The first-order valence-electron chi connectivity index (χ1n) is 5.90. The van der Waals surface area contributed by atoms with Gasteiger partial charge in [-0.1, -0.05) is 6.92 Å². The standard InChI is InChI=1S/C13H18FNO3/c1-3-11(8-16)15-13(17)9(2)18-12-6-4-10(14)5-7-12/h4-7,9,11,16H,3,8H2,1-2H3,(H,15,17)/t9?,11-/m1/s1. The molecule has 2 N–H and O–H groups in total. The molecule has 0 aromatic heterocycles. The zero-order valence-electron chi connectivity index (χ0n) is 10.5. The van der Waals surface area contributed by atoms with Gasteiger partial charge >= 0.3 is 0 Å². The minimum absolute atomic E-state index is 0.106. The summed E-state index contributed by atoms with van der Waals surface area (Å²) in [5.74, 6) is -0.234. The van der Waals surface area contributed by atoms with Crippen molar-refractivity contribution in [3.05, 3.63) is 30.1 Å². The van der Waals surface area contributed by atoms with E-state index in [0.29, 0.717) is 12.2 Å². The number of aliphatic hydroxyl groups is 1. The molecule has 4 nitrogen and oxygen atoms in total. The van der Waals surface area contributed by atoms with Gasteiger partial charge in [-0.05, 0) is 37.6 Å². The van der Waals surface area contributed by atoms with Crippen molar-refractivity contribution in [3.63, 3.8) is 0 Å². The Morgan fingerprint density at radius 3 is 2.56 bits per heavy atom. The van der Waals surface area contributed by atoms with Crippen LogP contribution in [-0.4, -0.2) is 29.8 Å². The van der Waals surface area contributed by atoms with Gasteiger partial charge in [-0.15, -0.1) is 0 Å². The van der Waals surface area contributed by atoms with E-state index < -0.39 is 6.10 Å². The van der Waals surface area contributed by atoms with E-state index >= 15 is 0 Å². The van der Waals surface area contributed by atoms with Crippen molar-refractivity contribution < 1.29 is 19.0 Å². The van der Waals surface area contributed by atoms with Crippen LogP contribution in [-0.2, 0) is 4.79 Å². The highest BCUT2D eigenvalue weighted by Crippen LogP contribution is 2.13. The van der Waals surface area contributed by atoms with Crippen LogP contribution in [0.15, 0.2) is 24.3 Å². The van der Waals surface area contributed by atoms with Gasteiger partial charge in [0.15, 0.2) is 6.10 Å². The van der Waals surface area contributed by atoms with Crippen LogP contribution in [0.25, 0.3) is 0 Å². The lowest BCUT2D eigenvalue weighted by molar-refractivity contribution is -0.128. The summed E-state index contributed by atoms with van der Waals surface area (Å²) >= 11 is 0. The zero-order valence-corrected chi connectivity index (χ0v) is 10.5. The molecule has 0 saturated carbocycles. The van der Waals surface area contributed by atoms with Gasteiger partial charge in [0.1, 0.15) is 11.6 Å². The second kappa shape index (κ2) is 6.96. The first kappa shape index (κ1) is 14.4. The number of hydrogen-bond acceptors (Lipinski definition) is 3. The third kappa shape index (κ3) is 4.33. The Morgan fingerprint density at radius 1 is 1.44 bits per heavy atom.